The molecule has 1 rings (SSSR count). The SMILES string of the molecule is CCC(CC)(NSC(C)(C)C)c1ncc(Br)cn1. The van der Waals surface area contributed by atoms with Crippen molar-refractivity contribution in [2.75, 3.05) is 0 Å². The normalized spacial score (nSPS) is 12.8. The van der Waals surface area contributed by atoms with E-state index in [4.69, 9.17) is 0 Å². The Morgan fingerprint density at radius 3 is 2.06 bits per heavy atom. The first-order valence-electron chi connectivity index (χ1n) is 6.26. The van der Waals surface area contributed by atoms with E-state index < -0.39 is 0 Å². The summed E-state index contributed by atoms with van der Waals surface area (Å²) in [7, 11) is 0. The summed E-state index contributed by atoms with van der Waals surface area (Å²) in [5.74, 6) is 0.868. The number of rotatable bonds is 5. The van der Waals surface area contributed by atoms with E-state index in [2.05, 4.69) is 65.2 Å². The van der Waals surface area contributed by atoms with Crippen molar-refractivity contribution in [3.63, 3.8) is 0 Å². The third-order valence-corrected chi connectivity index (χ3v) is 4.32. The maximum Gasteiger partial charge on any atom is 0.149 e. The molecule has 1 aromatic heterocycles. The highest BCUT2D eigenvalue weighted by molar-refractivity contribution is 9.10. The van der Waals surface area contributed by atoms with Crippen LogP contribution < -0.4 is 4.72 Å². The Balaban J connectivity index is 2.95. The molecule has 0 unspecified atom stereocenters. The summed E-state index contributed by atoms with van der Waals surface area (Å²) in [5, 5.41) is 0. The smallest absolute Gasteiger partial charge is 0.149 e. The number of nitrogens with zero attached hydrogens (tertiary/aromatic N) is 2. The van der Waals surface area contributed by atoms with Crippen LogP contribution >= 0.6 is 27.9 Å². The van der Waals surface area contributed by atoms with Gasteiger partial charge in [-0.05, 0) is 49.5 Å². The summed E-state index contributed by atoms with van der Waals surface area (Å²) in [4.78, 5) is 8.92. The van der Waals surface area contributed by atoms with Crippen LogP contribution in [0.15, 0.2) is 16.9 Å². The zero-order valence-corrected chi connectivity index (χ0v) is 14.2. The molecule has 18 heavy (non-hydrogen) atoms. The predicted molar refractivity (Wildman–Crippen MR) is 82.5 cm³/mol. The highest BCUT2D eigenvalue weighted by Crippen LogP contribution is 2.32. The van der Waals surface area contributed by atoms with Crippen molar-refractivity contribution in [3.8, 4) is 0 Å². The van der Waals surface area contributed by atoms with Crippen LogP contribution in [0, 0.1) is 0 Å². The predicted octanol–water partition coefficient (Wildman–Crippen LogP) is 4.29. The van der Waals surface area contributed by atoms with Gasteiger partial charge in [-0.25, -0.2) is 14.7 Å². The Hall–Kier alpha value is -0.130. The van der Waals surface area contributed by atoms with Crippen LogP contribution in [0.4, 0.5) is 0 Å². The summed E-state index contributed by atoms with van der Waals surface area (Å²) in [6.07, 6.45) is 5.56. The molecule has 0 aliphatic heterocycles. The molecule has 0 bridgehead atoms. The van der Waals surface area contributed by atoms with Crippen molar-refractivity contribution in [2.24, 2.45) is 0 Å². The molecule has 3 nitrogen and oxygen atoms in total. The molecule has 1 heterocycles. The fourth-order valence-electron chi connectivity index (χ4n) is 1.57. The second-order valence-electron chi connectivity index (χ2n) is 5.33. The van der Waals surface area contributed by atoms with Crippen molar-refractivity contribution in [2.45, 2.75) is 57.7 Å². The minimum Gasteiger partial charge on any atom is -0.250 e. The molecule has 0 aliphatic rings. The fourth-order valence-corrected chi connectivity index (χ4v) is 2.65. The van der Waals surface area contributed by atoms with E-state index in [1.165, 1.54) is 0 Å². The molecule has 1 N–H and O–H groups in total. The monoisotopic (exact) mass is 331 g/mol. The largest absolute Gasteiger partial charge is 0.250 e. The van der Waals surface area contributed by atoms with Gasteiger partial charge in [-0.2, -0.15) is 0 Å². The van der Waals surface area contributed by atoms with E-state index in [0.29, 0.717) is 0 Å². The molecule has 5 heteroatoms. The molecule has 0 aliphatic carbocycles. The van der Waals surface area contributed by atoms with Gasteiger partial charge < -0.3 is 0 Å². The molecule has 0 aromatic carbocycles. The first-order valence-corrected chi connectivity index (χ1v) is 7.87. The third kappa shape index (κ3) is 4.21. The van der Waals surface area contributed by atoms with Crippen LogP contribution in [-0.2, 0) is 5.54 Å². The van der Waals surface area contributed by atoms with Crippen LogP contribution in [0.1, 0.15) is 53.3 Å². The van der Waals surface area contributed by atoms with Crippen molar-refractivity contribution in [1.82, 2.24) is 14.7 Å². The summed E-state index contributed by atoms with van der Waals surface area (Å²) in [6, 6.07) is 0. The Kier molecular flexibility index (Phi) is 5.62. The minimum absolute atomic E-state index is 0.154. The molecule has 102 valence electrons. The number of halogens is 1. The van der Waals surface area contributed by atoms with Crippen molar-refractivity contribution in [1.29, 1.82) is 0 Å². The van der Waals surface area contributed by atoms with Gasteiger partial charge in [-0.3, -0.25) is 0 Å². The average molecular weight is 332 g/mol. The van der Waals surface area contributed by atoms with E-state index >= 15 is 0 Å². The van der Waals surface area contributed by atoms with Gasteiger partial charge in [-0.15, -0.1) is 0 Å². The standard InChI is InChI=1S/C13H22BrN3S/c1-6-13(7-2,17-18-12(3,4)5)11-15-8-10(14)9-16-11/h8-9,17H,6-7H2,1-5H3. The van der Waals surface area contributed by atoms with Gasteiger partial charge in [0.25, 0.3) is 0 Å². The summed E-state index contributed by atoms with van der Waals surface area (Å²) >= 11 is 5.12. The van der Waals surface area contributed by atoms with Gasteiger partial charge in [0.05, 0.1) is 10.0 Å². The second kappa shape index (κ2) is 6.35. The molecule has 0 atom stereocenters. The summed E-state index contributed by atoms with van der Waals surface area (Å²) < 4.78 is 4.67. The average Bonchev–Trinajstić information content (AvgIpc) is 2.32. The number of aromatic nitrogens is 2. The van der Waals surface area contributed by atoms with E-state index in [1.807, 2.05) is 12.4 Å². The molecule has 0 amide bonds. The lowest BCUT2D eigenvalue weighted by Crippen LogP contribution is -2.41. The maximum atomic E-state index is 4.46. The molecular weight excluding hydrogens is 310 g/mol. The van der Waals surface area contributed by atoms with E-state index in [-0.39, 0.29) is 10.3 Å². The van der Waals surface area contributed by atoms with Gasteiger partial charge in [-0.1, -0.05) is 25.8 Å². The lowest BCUT2D eigenvalue weighted by molar-refractivity contribution is 0.355. The zero-order valence-electron chi connectivity index (χ0n) is 11.7. The van der Waals surface area contributed by atoms with Crippen molar-refractivity contribution >= 4 is 27.9 Å². The molecule has 0 radical (unpaired) electrons. The third-order valence-electron chi connectivity index (χ3n) is 2.81. The lowest BCUT2D eigenvalue weighted by Gasteiger charge is -2.33. The molecular formula is C13H22BrN3S. The highest BCUT2D eigenvalue weighted by atomic mass is 79.9. The first-order chi connectivity index (χ1) is 8.33. The Morgan fingerprint density at radius 2 is 1.67 bits per heavy atom. The summed E-state index contributed by atoms with van der Waals surface area (Å²) in [5.41, 5.74) is -0.154. The quantitative estimate of drug-likeness (QED) is 0.816. The van der Waals surface area contributed by atoms with E-state index in [1.54, 1.807) is 11.9 Å². The fraction of sp³-hybridized carbons (Fsp3) is 0.692. The van der Waals surface area contributed by atoms with Gasteiger partial charge in [0.1, 0.15) is 5.82 Å². The number of hydrogen-bond acceptors (Lipinski definition) is 4. The topological polar surface area (TPSA) is 37.8 Å². The van der Waals surface area contributed by atoms with Crippen LogP contribution in [0.3, 0.4) is 0 Å². The Bertz CT molecular complexity index is 369. The Labute approximate surface area is 123 Å². The Morgan fingerprint density at radius 1 is 1.17 bits per heavy atom. The van der Waals surface area contributed by atoms with Crippen LogP contribution in [0.2, 0.25) is 0 Å². The van der Waals surface area contributed by atoms with Crippen LogP contribution in [-0.4, -0.2) is 14.7 Å². The highest BCUT2D eigenvalue weighted by Gasteiger charge is 2.32. The van der Waals surface area contributed by atoms with Gasteiger partial charge >= 0.3 is 0 Å². The van der Waals surface area contributed by atoms with Gasteiger partial charge in [0, 0.05) is 17.1 Å². The molecule has 0 saturated carbocycles. The maximum absolute atomic E-state index is 4.46. The summed E-state index contributed by atoms with van der Waals surface area (Å²) in [6.45, 7) is 10.9. The number of nitrogens with one attached hydrogen (secondary N) is 1. The number of hydrogen-bond donors (Lipinski definition) is 1. The van der Waals surface area contributed by atoms with Gasteiger partial charge in [0.2, 0.25) is 0 Å². The zero-order chi connectivity index (χ0) is 13.8. The second-order valence-corrected chi connectivity index (χ2v) is 7.88. The molecule has 1 aromatic rings. The molecule has 0 saturated heterocycles. The van der Waals surface area contributed by atoms with Crippen molar-refractivity contribution < 1.29 is 0 Å². The molecule has 0 fully saturated rings. The van der Waals surface area contributed by atoms with E-state index in [9.17, 15) is 0 Å². The van der Waals surface area contributed by atoms with Gasteiger partial charge in [0.15, 0.2) is 0 Å². The van der Waals surface area contributed by atoms with E-state index in [0.717, 1.165) is 23.1 Å². The first kappa shape index (κ1) is 15.9. The van der Waals surface area contributed by atoms with Crippen LogP contribution in [0.25, 0.3) is 0 Å². The van der Waals surface area contributed by atoms with Crippen LogP contribution in [0.5, 0.6) is 0 Å². The molecule has 0 spiro atoms. The lowest BCUT2D eigenvalue weighted by atomic mass is 9.93. The minimum atomic E-state index is -0.154. The van der Waals surface area contributed by atoms with Crippen molar-refractivity contribution in [3.05, 3.63) is 22.7 Å².